The molecule has 0 atom stereocenters. The summed E-state index contributed by atoms with van der Waals surface area (Å²) in [5, 5.41) is 3.17. The molecule has 14 heavy (non-hydrogen) atoms. The van der Waals surface area contributed by atoms with E-state index in [1.807, 2.05) is 0 Å². The molecule has 0 aromatic heterocycles. The molecule has 0 bridgehead atoms. The SMILES string of the molecule is COCCCNc1ccc(F)c(Br)c1. The third-order valence-corrected chi connectivity index (χ3v) is 2.38. The van der Waals surface area contributed by atoms with Crippen LogP contribution in [-0.4, -0.2) is 20.3 Å². The number of methoxy groups -OCH3 is 1. The van der Waals surface area contributed by atoms with Crippen LogP contribution < -0.4 is 5.32 Å². The quantitative estimate of drug-likeness (QED) is 0.823. The minimum atomic E-state index is -0.243. The summed E-state index contributed by atoms with van der Waals surface area (Å²) < 4.78 is 18.2. The number of anilines is 1. The van der Waals surface area contributed by atoms with Crippen molar-refractivity contribution < 1.29 is 9.13 Å². The molecule has 0 aliphatic carbocycles. The fraction of sp³-hybridized carbons (Fsp3) is 0.400. The van der Waals surface area contributed by atoms with Crippen LogP contribution in [0.25, 0.3) is 0 Å². The molecular formula is C10H13BrFNO. The highest BCUT2D eigenvalue weighted by Gasteiger charge is 1.99. The summed E-state index contributed by atoms with van der Waals surface area (Å²) in [5.41, 5.74) is 0.911. The number of hydrogen-bond acceptors (Lipinski definition) is 2. The molecule has 1 rings (SSSR count). The van der Waals surface area contributed by atoms with Gasteiger partial charge in [0.05, 0.1) is 4.47 Å². The minimum absolute atomic E-state index is 0.243. The van der Waals surface area contributed by atoms with Crippen molar-refractivity contribution in [3.63, 3.8) is 0 Å². The van der Waals surface area contributed by atoms with Crippen LogP contribution in [0.2, 0.25) is 0 Å². The maximum atomic E-state index is 12.8. The van der Waals surface area contributed by atoms with E-state index in [1.165, 1.54) is 6.07 Å². The summed E-state index contributed by atoms with van der Waals surface area (Å²) in [6, 6.07) is 4.87. The lowest BCUT2D eigenvalue weighted by atomic mass is 10.3. The first-order valence-electron chi connectivity index (χ1n) is 4.42. The maximum absolute atomic E-state index is 12.8. The highest BCUT2D eigenvalue weighted by atomic mass is 79.9. The van der Waals surface area contributed by atoms with E-state index in [4.69, 9.17) is 4.74 Å². The third-order valence-electron chi connectivity index (χ3n) is 1.77. The lowest BCUT2D eigenvalue weighted by Crippen LogP contribution is -2.04. The van der Waals surface area contributed by atoms with Gasteiger partial charge in [0, 0.05) is 25.9 Å². The van der Waals surface area contributed by atoms with Gasteiger partial charge in [0.25, 0.3) is 0 Å². The van der Waals surface area contributed by atoms with Gasteiger partial charge < -0.3 is 10.1 Å². The fourth-order valence-electron chi connectivity index (χ4n) is 1.06. The molecule has 0 aliphatic rings. The van der Waals surface area contributed by atoms with Gasteiger partial charge in [0.15, 0.2) is 0 Å². The lowest BCUT2D eigenvalue weighted by molar-refractivity contribution is 0.198. The molecule has 0 fully saturated rings. The number of rotatable bonds is 5. The van der Waals surface area contributed by atoms with E-state index >= 15 is 0 Å². The van der Waals surface area contributed by atoms with Crippen molar-refractivity contribution in [2.75, 3.05) is 25.6 Å². The van der Waals surface area contributed by atoms with Crippen LogP contribution in [0, 0.1) is 5.82 Å². The topological polar surface area (TPSA) is 21.3 Å². The van der Waals surface area contributed by atoms with E-state index in [9.17, 15) is 4.39 Å². The Kier molecular flexibility index (Phi) is 4.90. The van der Waals surface area contributed by atoms with Gasteiger partial charge in [-0.15, -0.1) is 0 Å². The Bertz CT molecular complexity index is 293. The average Bonchev–Trinajstić information content (AvgIpc) is 2.18. The molecule has 0 heterocycles. The van der Waals surface area contributed by atoms with Gasteiger partial charge in [0.1, 0.15) is 5.82 Å². The maximum Gasteiger partial charge on any atom is 0.137 e. The molecule has 0 spiro atoms. The van der Waals surface area contributed by atoms with E-state index in [0.717, 1.165) is 25.3 Å². The molecule has 4 heteroatoms. The molecule has 0 amide bonds. The second kappa shape index (κ2) is 5.98. The van der Waals surface area contributed by atoms with Crippen LogP contribution in [0.5, 0.6) is 0 Å². The van der Waals surface area contributed by atoms with Gasteiger partial charge in [-0.25, -0.2) is 4.39 Å². The largest absolute Gasteiger partial charge is 0.385 e. The van der Waals surface area contributed by atoms with E-state index in [0.29, 0.717) is 4.47 Å². The Morgan fingerprint density at radius 2 is 2.29 bits per heavy atom. The van der Waals surface area contributed by atoms with E-state index in [1.54, 1.807) is 19.2 Å². The number of halogens is 2. The van der Waals surface area contributed by atoms with Crippen LogP contribution >= 0.6 is 15.9 Å². The van der Waals surface area contributed by atoms with Gasteiger partial charge in [-0.2, -0.15) is 0 Å². The fourth-order valence-corrected chi connectivity index (χ4v) is 1.43. The van der Waals surface area contributed by atoms with Crippen LogP contribution in [-0.2, 0) is 4.74 Å². The first kappa shape index (κ1) is 11.5. The first-order chi connectivity index (χ1) is 6.74. The zero-order valence-electron chi connectivity index (χ0n) is 8.02. The molecule has 2 nitrogen and oxygen atoms in total. The smallest absolute Gasteiger partial charge is 0.137 e. The van der Waals surface area contributed by atoms with Crippen molar-refractivity contribution in [1.29, 1.82) is 0 Å². The van der Waals surface area contributed by atoms with Crippen molar-refractivity contribution in [3.8, 4) is 0 Å². The molecular weight excluding hydrogens is 249 g/mol. The highest BCUT2D eigenvalue weighted by Crippen LogP contribution is 2.19. The van der Waals surface area contributed by atoms with Crippen molar-refractivity contribution in [2.24, 2.45) is 0 Å². The van der Waals surface area contributed by atoms with Crippen LogP contribution in [0.1, 0.15) is 6.42 Å². The van der Waals surface area contributed by atoms with Gasteiger partial charge in [0.2, 0.25) is 0 Å². The summed E-state index contributed by atoms with van der Waals surface area (Å²) in [4.78, 5) is 0. The molecule has 0 saturated carbocycles. The Morgan fingerprint density at radius 1 is 1.50 bits per heavy atom. The average molecular weight is 262 g/mol. The predicted octanol–water partition coefficient (Wildman–Crippen LogP) is 3.04. The first-order valence-corrected chi connectivity index (χ1v) is 5.21. The molecule has 1 aromatic carbocycles. The van der Waals surface area contributed by atoms with E-state index in [2.05, 4.69) is 21.2 Å². The van der Waals surface area contributed by atoms with Crippen molar-refractivity contribution >= 4 is 21.6 Å². The summed E-state index contributed by atoms with van der Waals surface area (Å²) in [6.07, 6.45) is 0.936. The number of nitrogens with one attached hydrogen (secondary N) is 1. The standard InChI is InChI=1S/C10H13BrFNO/c1-14-6-2-5-13-8-3-4-10(12)9(11)7-8/h3-4,7,13H,2,5-6H2,1H3. The Hall–Kier alpha value is -0.610. The Morgan fingerprint density at radius 3 is 2.93 bits per heavy atom. The molecule has 0 saturated heterocycles. The Balaban J connectivity index is 2.39. The molecule has 78 valence electrons. The van der Waals surface area contributed by atoms with E-state index in [-0.39, 0.29) is 5.82 Å². The summed E-state index contributed by atoms with van der Waals surface area (Å²) >= 11 is 3.13. The zero-order chi connectivity index (χ0) is 10.4. The zero-order valence-corrected chi connectivity index (χ0v) is 9.60. The Labute approximate surface area is 91.6 Å². The van der Waals surface area contributed by atoms with Crippen LogP contribution in [0.3, 0.4) is 0 Å². The lowest BCUT2D eigenvalue weighted by Gasteiger charge is -2.06. The molecule has 0 radical (unpaired) electrons. The summed E-state index contributed by atoms with van der Waals surface area (Å²) in [7, 11) is 1.68. The minimum Gasteiger partial charge on any atom is -0.385 e. The van der Waals surface area contributed by atoms with Crippen LogP contribution in [0.15, 0.2) is 22.7 Å². The molecule has 1 N–H and O–H groups in total. The highest BCUT2D eigenvalue weighted by molar-refractivity contribution is 9.10. The number of ether oxygens (including phenoxy) is 1. The summed E-state index contributed by atoms with van der Waals surface area (Å²) in [5.74, 6) is -0.243. The van der Waals surface area contributed by atoms with Gasteiger partial charge in [-0.05, 0) is 40.5 Å². The van der Waals surface area contributed by atoms with Crippen molar-refractivity contribution in [1.82, 2.24) is 0 Å². The second-order valence-corrected chi connectivity index (χ2v) is 3.76. The van der Waals surface area contributed by atoms with Crippen LogP contribution in [0.4, 0.5) is 10.1 Å². The monoisotopic (exact) mass is 261 g/mol. The van der Waals surface area contributed by atoms with Gasteiger partial charge >= 0.3 is 0 Å². The van der Waals surface area contributed by atoms with Crippen molar-refractivity contribution in [2.45, 2.75) is 6.42 Å². The number of hydrogen-bond donors (Lipinski definition) is 1. The molecule has 0 unspecified atom stereocenters. The number of benzene rings is 1. The molecule has 1 aromatic rings. The predicted molar refractivity (Wildman–Crippen MR) is 59.1 cm³/mol. The normalized spacial score (nSPS) is 10.2. The second-order valence-electron chi connectivity index (χ2n) is 2.90. The third kappa shape index (κ3) is 3.64. The van der Waals surface area contributed by atoms with Crippen molar-refractivity contribution in [3.05, 3.63) is 28.5 Å². The summed E-state index contributed by atoms with van der Waals surface area (Å²) in [6.45, 7) is 1.56. The molecule has 0 aliphatic heterocycles. The van der Waals surface area contributed by atoms with Gasteiger partial charge in [-0.1, -0.05) is 0 Å². The van der Waals surface area contributed by atoms with E-state index < -0.39 is 0 Å². The van der Waals surface area contributed by atoms with Gasteiger partial charge in [-0.3, -0.25) is 0 Å².